The molecule has 1 aromatic carbocycles. The zero-order chi connectivity index (χ0) is 19.4. The van der Waals surface area contributed by atoms with Crippen LogP contribution in [0.15, 0.2) is 18.2 Å². The van der Waals surface area contributed by atoms with Gasteiger partial charge >= 0.3 is 29.6 Å². The second-order valence-corrected chi connectivity index (χ2v) is 8.71. The van der Waals surface area contributed by atoms with E-state index in [1.165, 1.54) is 49.7 Å². The third kappa shape index (κ3) is 13.7. The molecule has 0 amide bonds. The summed E-state index contributed by atoms with van der Waals surface area (Å²) in [6, 6.07) is 6.24. The molecular weight excluding hydrogens is 371 g/mol. The third-order valence-electron chi connectivity index (χ3n) is 4.44. The quantitative estimate of drug-likeness (QED) is 0.270. The number of hydrogen-bond acceptors (Lipinski definition) is 4. The van der Waals surface area contributed by atoms with Crippen molar-refractivity contribution in [2.45, 2.75) is 91.1 Å². The second kappa shape index (κ2) is 14.9. The molecule has 0 bridgehead atoms. The molecule has 6 heteroatoms. The molecule has 0 spiro atoms. The molecular formula is C21H35NaO4S. The van der Waals surface area contributed by atoms with Crippen LogP contribution in [0, 0.1) is 0 Å². The van der Waals surface area contributed by atoms with Crippen molar-refractivity contribution in [3.63, 3.8) is 0 Å². The number of unbranched alkanes of at least 4 members (excludes halogenated alkanes) is 6. The first-order chi connectivity index (χ1) is 12.3. The first-order valence-electron chi connectivity index (χ1n) is 10.1. The Morgan fingerprint density at radius 2 is 1.37 bits per heavy atom. The van der Waals surface area contributed by atoms with Gasteiger partial charge in [0, 0.05) is 0 Å². The van der Waals surface area contributed by atoms with Crippen molar-refractivity contribution in [3.05, 3.63) is 29.3 Å². The van der Waals surface area contributed by atoms with Crippen molar-refractivity contribution >= 4 is 10.1 Å². The molecule has 150 valence electrons. The summed E-state index contributed by atoms with van der Waals surface area (Å²) >= 11 is 0. The summed E-state index contributed by atoms with van der Waals surface area (Å²) in [5.41, 5.74) is 2.47. The minimum absolute atomic E-state index is 0. The smallest absolute Gasteiger partial charge is 0.748 e. The SMILES string of the molecule is CCCCCCc1cc(CCCCCC)cc(OC(C)CS(=O)(=O)[O-])c1.[Na+]. The molecule has 1 atom stereocenters. The monoisotopic (exact) mass is 406 g/mol. The molecule has 0 aromatic heterocycles. The third-order valence-corrected chi connectivity index (χ3v) is 5.32. The Morgan fingerprint density at radius 1 is 0.889 bits per heavy atom. The average molecular weight is 407 g/mol. The molecule has 4 nitrogen and oxygen atoms in total. The molecule has 0 aliphatic rings. The molecule has 0 aliphatic heterocycles. The first-order valence-corrected chi connectivity index (χ1v) is 11.6. The van der Waals surface area contributed by atoms with E-state index in [-0.39, 0.29) is 29.6 Å². The van der Waals surface area contributed by atoms with E-state index in [2.05, 4.69) is 19.9 Å². The first kappa shape index (κ1) is 26.9. The summed E-state index contributed by atoms with van der Waals surface area (Å²) < 4.78 is 38.6. The number of benzene rings is 1. The molecule has 0 saturated carbocycles. The van der Waals surface area contributed by atoms with E-state index in [0.29, 0.717) is 5.75 Å². The Balaban J connectivity index is 0.00000676. The molecule has 0 heterocycles. The van der Waals surface area contributed by atoms with E-state index in [4.69, 9.17) is 4.74 Å². The fourth-order valence-electron chi connectivity index (χ4n) is 3.15. The van der Waals surface area contributed by atoms with Crippen molar-refractivity contribution in [3.8, 4) is 5.75 Å². The number of hydrogen-bond donors (Lipinski definition) is 0. The molecule has 0 saturated heterocycles. The Morgan fingerprint density at radius 3 is 1.78 bits per heavy atom. The summed E-state index contributed by atoms with van der Waals surface area (Å²) in [5, 5.41) is 0. The molecule has 0 fully saturated rings. The van der Waals surface area contributed by atoms with Crippen molar-refractivity contribution in [1.29, 1.82) is 0 Å². The molecule has 1 unspecified atom stereocenters. The maximum absolute atomic E-state index is 10.9. The largest absolute Gasteiger partial charge is 1.00 e. The molecule has 0 radical (unpaired) electrons. The molecule has 1 rings (SSSR count). The van der Waals surface area contributed by atoms with E-state index in [1.807, 2.05) is 12.1 Å². The van der Waals surface area contributed by atoms with Crippen molar-refractivity contribution in [2.24, 2.45) is 0 Å². The van der Waals surface area contributed by atoms with Gasteiger partial charge in [0.15, 0.2) is 0 Å². The van der Waals surface area contributed by atoms with Gasteiger partial charge < -0.3 is 9.29 Å². The maximum atomic E-state index is 10.9. The van der Waals surface area contributed by atoms with Crippen LogP contribution in [0.25, 0.3) is 0 Å². The summed E-state index contributed by atoms with van der Waals surface area (Å²) in [7, 11) is -4.28. The van der Waals surface area contributed by atoms with Gasteiger partial charge in [-0.05, 0) is 55.9 Å². The summed E-state index contributed by atoms with van der Waals surface area (Å²) in [5.74, 6) is 0.180. The number of aryl methyl sites for hydroxylation is 2. The summed E-state index contributed by atoms with van der Waals surface area (Å²) in [4.78, 5) is 0. The van der Waals surface area contributed by atoms with Crippen LogP contribution in [-0.4, -0.2) is 24.8 Å². The van der Waals surface area contributed by atoms with Crippen molar-refractivity contribution in [2.75, 3.05) is 5.75 Å². The van der Waals surface area contributed by atoms with Gasteiger partial charge in [-0.15, -0.1) is 0 Å². The summed E-state index contributed by atoms with van der Waals surface area (Å²) in [6.45, 7) is 6.03. The number of ether oxygens (including phenoxy) is 1. The predicted octanol–water partition coefficient (Wildman–Crippen LogP) is 2.25. The average Bonchev–Trinajstić information content (AvgIpc) is 2.54. The minimum Gasteiger partial charge on any atom is -0.748 e. The number of rotatable bonds is 14. The van der Waals surface area contributed by atoms with Gasteiger partial charge in [-0.25, -0.2) is 8.42 Å². The zero-order valence-electron chi connectivity index (χ0n) is 17.6. The van der Waals surface area contributed by atoms with Crippen LogP contribution >= 0.6 is 0 Å². The van der Waals surface area contributed by atoms with Crippen LogP contribution in [0.5, 0.6) is 5.75 Å². The summed E-state index contributed by atoms with van der Waals surface area (Å²) in [6.07, 6.45) is 11.0. The molecule has 27 heavy (non-hydrogen) atoms. The standard InChI is InChI=1S/C21H36O4S.Na/c1-4-6-8-10-12-19-14-20(13-11-9-7-5-2)16-21(15-19)25-18(3)17-26(22,23)24;/h14-16,18H,4-13,17H2,1-3H3,(H,22,23,24);/q;+1/p-1. The van der Waals surface area contributed by atoms with E-state index < -0.39 is 22.0 Å². The second-order valence-electron chi connectivity index (χ2n) is 7.26. The van der Waals surface area contributed by atoms with Crippen LogP contribution < -0.4 is 34.3 Å². The maximum Gasteiger partial charge on any atom is 1.00 e. The fourth-order valence-corrected chi connectivity index (χ4v) is 3.79. The van der Waals surface area contributed by atoms with Crippen molar-refractivity contribution < 1.29 is 47.3 Å². The van der Waals surface area contributed by atoms with Crippen LogP contribution in [0.4, 0.5) is 0 Å². The van der Waals surface area contributed by atoms with E-state index >= 15 is 0 Å². The van der Waals surface area contributed by atoms with Gasteiger partial charge in [-0.1, -0.05) is 58.4 Å². The van der Waals surface area contributed by atoms with Gasteiger partial charge in [0.2, 0.25) is 0 Å². The van der Waals surface area contributed by atoms with Crippen LogP contribution in [0.3, 0.4) is 0 Å². The zero-order valence-corrected chi connectivity index (χ0v) is 20.4. The molecule has 0 N–H and O–H groups in total. The Bertz CT molecular complexity index is 586. The Labute approximate surface area is 188 Å². The van der Waals surface area contributed by atoms with Crippen molar-refractivity contribution in [1.82, 2.24) is 0 Å². The molecule has 0 aliphatic carbocycles. The Kier molecular flexibility index (Phi) is 14.8. The van der Waals surface area contributed by atoms with Gasteiger partial charge in [-0.2, -0.15) is 0 Å². The van der Waals surface area contributed by atoms with Gasteiger partial charge in [-0.3, -0.25) is 0 Å². The van der Waals surface area contributed by atoms with Crippen LogP contribution in [-0.2, 0) is 23.0 Å². The fraction of sp³-hybridized carbons (Fsp3) is 0.714. The predicted molar refractivity (Wildman–Crippen MR) is 107 cm³/mol. The van der Waals surface area contributed by atoms with Gasteiger partial charge in [0.25, 0.3) is 0 Å². The Hall–Kier alpha value is -0.0700. The normalized spacial score (nSPS) is 12.4. The van der Waals surface area contributed by atoms with E-state index in [0.717, 1.165) is 25.7 Å². The van der Waals surface area contributed by atoms with Gasteiger partial charge in [0.1, 0.15) is 11.9 Å². The molecule has 1 aromatic rings. The van der Waals surface area contributed by atoms with Gasteiger partial charge in [0.05, 0.1) is 15.9 Å². The van der Waals surface area contributed by atoms with E-state index in [9.17, 15) is 13.0 Å². The van der Waals surface area contributed by atoms with Crippen LogP contribution in [0.2, 0.25) is 0 Å². The topological polar surface area (TPSA) is 66.4 Å². The van der Waals surface area contributed by atoms with E-state index in [1.54, 1.807) is 6.92 Å². The minimum atomic E-state index is -4.28. The van der Waals surface area contributed by atoms with Crippen LogP contribution in [0.1, 0.15) is 83.3 Å².